The van der Waals surface area contributed by atoms with Crippen molar-refractivity contribution in [3.05, 3.63) is 63.2 Å². The van der Waals surface area contributed by atoms with Gasteiger partial charge in [-0.15, -0.1) is 0 Å². The van der Waals surface area contributed by atoms with Gasteiger partial charge in [-0.05, 0) is 83.5 Å². The number of fused-ring (bicyclic) bond motifs is 1. The van der Waals surface area contributed by atoms with Crippen molar-refractivity contribution in [1.29, 1.82) is 0 Å². The molecule has 2 aliphatic heterocycles. The lowest BCUT2D eigenvalue weighted by atomic mass is 10.0. The van der Waals surface area contributed by atoms with Gasteiger partial charge in [0.1, 0.15) is 24.4 Å². The van der Waals surface area contributed by atoms with Gasteiger partial charge in [-0.25, -0.2) is 0 Å². The molecule has 0 bridgehead atoms. The summed E-state index contributed by atoms with van der Waals surface area (Å²) in [4.78, 5) is 45.1. The van der Waals surface area contributed by atoms with Gasteiger partial charge in [0.25, 0.3) is 0 Å². The van der Waals surface area contributed by atoms with Gasteiger partial charge in [-0.1, -0.05) is 44.2 Å². The maximum atomic E-state index is 13.7. The smallest absolute Gasteiger partial charge is 0.244 e. The monoisotopic (exact) mass is 717 g/mol. The molecule has 0 unspecified atom stereocenters. The molecule has 3 atom stereocenters. The largest absolute Gasteiger partial charge is 0.492 e. The highest BCUT2D eigenvalue weighted by molar-refractivity contribution is 14.1. The van der Waals surface area contributed by atoms with E-state index in [-0.39, 0.29) is 24.3 Å². The van der Waals surface area contributed by atoms with E-state index < -0.39 is 24.0 Å². The van der Waals surface area contributed by atoms with Crippen molar-refractivity contribution in [3.8, 4) is 5.75 Å². The van der Waals surface area contributed by atoms with E-state index in [4.69, 9.17) is 4.74 Å². The summed E-state index contributed by atoms with van der Waals surface area (Å²) >= 11 is 2.26. The van der Waals surface area contributed by atoms with E-state index in [1.54, 1.807) is 0 Å². The van der Waals surface area contributed by atoms with Crippen molar-refractivity contribution >= 4 is 46.3 Å². The van der Waals surface area contributed by atoms with Crippen LogP contribution in [0.1, 0.15) is 37.8 Å². The minimum absolute atomic E-state index is 0.148. The minimum Gasteiger partial charge on any atom is -0.492 e. The van der Waals surface area contributed by atoms with Crippen LogP contribution in [-0.2, 0) is 27.2 Å². The summed E-state index contributed by atoms with van der Waals surface area (Å²) in [5.41, 5.74) is 2.05. The number of aliphatic imine (C=N–C) groups is 1. The van der Waals surface area contributed by atoms with Gasteiger partial charge in [-0.3, -0.25) is 19.4 Å². The molecule has 2 heterocycles. The van der Waals surface area contributed by atoms with Crippen LogP contribution >= 0.6 is 22.6 Å². The number of rotatable bonds is 5. The van der Waals surface area contributed by atoms with E-state index in [0.717, 1.165) is 33.4 Å². The highest BCUT2D eigenvalue weighted by Gasteiger charge is 2.31. The molecule has 0 radical (unpaired) electrons. The number of para-hydroxylation sites is 1. The molecule has 4 rings (SSSR count). The quantitative estimate of drug-likeness (QED) is 0.258. The molecule has 6 N–H and O–H groups in total. The van der Waals surface area contributed by atoms with Crippen LogP contribution in [0.2, 0.25) is 0 Å². The zero-order valence-electron chi connectivity index (χ0n) is 25.5. The average molecular weight is 718 g/mol. The molecule has 0 aliphatic carbocycles. The van der Waals surface area contributed by atoms with Gasteiger partial charge in [-0.2, -0.15) is 0 Å². The first-order valence-electron chi connectivity index (χ1n) is 15.4. The van der Waals surface area contributed by atoms with Crippen molar-refractivity contribution in [2.24, 2.45) is 10.9 Å². The number of amides is 3. The van der Waals surface area contributed by atoms with Crippen molar-refractivity contribution in [2.45, 2.75) is 57.7 Å². The molecular weight excluding hydrogens is 673 g/mol. The molecule has 44 heavy (non-hydrogen) atoms. The van der Waals surface area contributed by atoms with E-state index in [1.165, 1.54) is 0 Å². The highest BCUT2D eigenvalue weighted by atomic mass is 127. The molecule has 238 valence electrons. The first-order chi connectivity index (χ1) is 21.3. The van der Waals surface area contributed by atoms with Gasteiger partial charge in [0, 0.05) is 36.3 Å². The number of carbonyl (C=O) groups excluding carboxylic acids is 3. The molecule has 0 spiro atoms. The van der Waals surface area contributed by atoms with Crippen molar-refractivity contribution in [1.82, 2.24) is 31.9 Å². The summed E-state index contributed by atoms with van der Waals surface area (Å²) in [6, 6.07) is 13.6. The standard InChI is InChI=1S/C32H44IN7O4/c1-21(2)28-31(43)39-26(20-38-32-36-14-7-15-37-32)29(41)35-13-6-10-23-9-3-4-12-27(23)44-17-16-34-25(30(42)40-28)19-22-8-5-11-24(33)18-22/h3-5,8-9,11-12,18,21,25-26,28,34H,6-7,10,13-17,19-20H2,1-2H3,(H,35,41)(H,39,43)(H,40,42)(H2,36,37,38)/t25-,26+,28-/m1/s1. The van der Waals surface area contributed by atoms with Crippen LogP contribution in [-0.4, -0.2) is 81.1 Å². The third kappa shape index (κ3) is 10.4. The summed E-state index contributed by atoms with van der Waals surface area (Å²) in [5, 5.41) is 18.5. The minimum atomic E-state index is -0.873. The number of nitrogens with one attached hydrogen (secondary N) is 6. The number of aryl methyl sites for hydroxylation is 1. The summed E-state index contributed by atoms with van der Waals surface area (Å²) in [5.74, 6) is 0.158. The predicted molar refractivity (Wildman–Crippen MR) is 180 cm³/mol. The second kappa shape index (κ2) is 17.2. The van der Waals surface area contributed by atoms with Crippen LogP contribution in [0.3, 0.4) is 0 Å². The van der Waals surface area contributed by atoms with Crippen LogP contribution < -0.4 is 36.6 Å². The Bertz CT molecular complexity index is 1300. The van der Waals surface area contributed by atoms with E-state index in [9.17, 15) is 14.4 Å². The number of ether oxygens (including phenoxy) is 1. The molecule has 0 fully saturated rings. The third-order valence-corrected chi connectivity index (χ3v) is 8.21. The molecule has 2 aromatic rings. The molecule has 11 nitrogen and oxygen atoms in total. The SMILES string of the molecule is CC(C)[C@H]1NC(=O)[C@@H](Cc2cccc(I)c2)NCCOc2ccccc2CCCNC(=O)[C@H](CNC2=NCCCN2)NC1=O. The second-order valence-corrected chi connectivity index (χ2v) is 12.6. The lowest BCUT2D eigenvalue weighted by Crippen LogP contribution is -2.60. The maximum Gasteiger partial charge on any atom is 0.244 e. The van der Waals surface area contributed by atoms with E-state index in [0.29, 0.717) is 51.5 Å². The topological polar surface area (TPSA) is 145 Å². The Kier molecular flexibility index (Phi) is 13.1. The Morgan fingerprint density at radius 1 is 0.932 bits per heavy atom. The molecule has 3 amide bonds. The molecule has 0 aromatic heterocycles. The second-order valence-electron chi connectivity index (χ2n) is 11.4. The van der Waals surface area contributed by atoms with E-state index in [1.807, 2.05) is 62.4 Å². The molecule has 12 heteroatoms. The zero-order chi connectivity index (χ0) is 31.3. The van der Waals surface area contributed by atoms with E-state index in [2.05, 4.69) is 59.5 Å². The normalized spacial score (nSPS) is 22.5. The Morgan fingerprint density at radius 2 is 1.75 bits per heavy atom. The number of hydrogen-bond donors (Lipinski definition) is 6. The van der Waals surface area contributed by atoms with Gasteiger partial charge in [0.2, 0.25) is 17.7 Å². The Morgan fingerprint density at radius 3 is 2.52 bits per heavy atom. The molecular formula is C32H44IN7O4. The van der Waals surface area contributed by atoms with Gasteiger partial charge >= 0.3 is 0 Å². The van der Waals surface area contributed by atoms with Crippen molar-refractivity contribution in [3.63, 3.8) is 0 Å². The number of halogens is 1. The lowest BCUT2D eigenvalue weighted by Gasteiger charge is -2.28. The van der Waals surface area contributed by atoms with Gasteiger partial charge in [0.15, 0.2) is 5.96 Å². The lowest BCUT2D eigenvalue weighted by molar-refractivity contribution is -0.133. The molecule has 0 saturated heterocycles. The zero-order valence-corrected chi connectivity index (χ0v) is 27.6. The Balaban J connectivity index is 1.56. The number of benzene rings is 2. The summed E-state index contributed by atoms with van der Waals surface area (Å²) in [6.45, 7) is 6.63. The fourth-order valence-electron chi connectivity index (χ4n) is 5.13. The van der Waals surface area contributed by atoms with Gasteiger partial charge in [0.05, 0.1) is 6.04 Å². The Hall–Kier alpha value is -3.39. The van der Waals surface area contributed by atoms with Crippen LogP contribution in [0.15, 0.2) is 53.5 Å². The van der Waals surface area contributed by atoms with E-state index >= 15 is 0 Å². The number of hydrogen-bond acceptors (Lipinski definition) is 8. The summed E-state index contributed by atoms with van der Waals surface area (Å²) in [6.07, 6.45) is 2.80. The van der Waals surface area contributed by atoms with Crippen molar-refractivity contribution < 1.29 is 19.1 Å². The van der Waals surface area contributed by atoms with Crippen LogP contribution in [0.5, 0.6) is 5.75 Å². The Labute approximate surface area is 273 Å². The van der Waals surface area contributed by atoms with Gasteiger partial charge < -0.3 is 36.6 Å². The fraction of sp³-hybridized carbons (Fsp3) is 0.500. The fourth-order valence-corrected chi connectivity index (χ4v) is 5.73. The van der Waals surface area contributed by atoms with Crippen LogP contribution in [0, 0.1) is 9.49 Å². The summed E-state index contributed by atoms with van der Waals surface area (Å²) in [7, 11) is 0. The summed E-state index contributed by atoms with van der Waals surface area (Å²) < 4.78 is 7.19. The predicted octanol–water partition coefficient (Wildman–Crippen LogP) is 1.50. The molecule has 0 saturated carbocycles. The average Bonchev–Trinajstić information content (AvgIpc) is 3.01. The molecule has 2 aliphatic rings. The van der Waals surface area contributed by atoms with Crippen LogP contribution in [0.4, 0.5) is 0 Å². The molecule has 2 aromatic carbocycles. The number of carbonyl (C=O) groups is 3. The van der Waals surface area contributed by atoms with Crippen LogP contribution in [0.25, 0.3) is 0 Å². The van der Waals surface area contributed by atoms with Crippen molar-refractivity contribution in [2.75, 3.05) is 39.3 Å². The number of nitrogens with zero attached hydrogens (tertiary/aromatic N) is 1. The number of guanidine groups is 1. The highest BCUT2D eigenvalue weighted by Crippen LogP contribution is 2.19. The first-order valence-corrected chi connectivity index (χ1v) is 16.5. The first kappa shape index (κ1) is 33.5. The third-order valence-electron chi connectivity index (χ3n) is 7.54. The maximum absolute atomic E-state index is 13.7.